The van der Waals surface area contributed by atoms with Gasteiger partial charge in [-0.1, -0.05) is 37.1 Å². The predicted molar refractivity (Wildman–Crippen MR) is 116 cm³/mol. The normalized spacial score (nSPS) is 15.5. The maximum Gasteiger partial charge on any atom is 0.316 e. The fourth-order valence-electron chi connectivity index (χ4n) is 3.96. The van der Waals surface area contributed by atoms with E-state index in [0.29, 0.717) is 36.9 Å². The zero-order valence-electron chi connectivity index (χ0n) is 17.2. The molecule has 0 aromatic heterocycles. The molecule has 2 aromatic rings. The van der Waals surface area contributed by atoms with Crippen LogP contribution in [0.2, 0.25) is 0 Å². The van der Waals surface area contributed by atoms with Crippen molar-refractivity contribution >= 4 is 27.5 Å². The zero-order chi connectivity index (χ0) is 21.9. The third kappa shape index (κ3) is 4.18. The van der Waals surface area contributed by atoms with Gasteiger partial charge < -0.3 is 16.4 Å². The van der Waals surface area contributed by atoms with E-state index in [1.807, 2.05) is 13.0 Å². The van der Waals surface area contributed by atoms with Crippen molar-refractivity contribution in [3.8, 4) is 0 Å². The van der Waals surface area contributed by atoms with Crippen LogP contribution in [0.25, 0.3) is 0 Å². The summed E-state index contributed by atoms with van der Waals surface area (Å²) in [5.74, 6) is -0.458. The molecule has 1 fully saturated rings. The van der Waals surface area contributed by atoms with Gasteiger partial charge in [0.1, 0.15) is 0 Å². The minimum absolute atomic E-state index is 0.194. The third-order valence-corrected chi connectivity index (χ3v) is 8.29. The molecule has 4 N–H and O–H groups in total. The molecule has 160 valence electrons. The van der Waals surface area contributed by atoms with E-state index < -0.39 is 26.5 Å². The molecule has 1 aliphatic carbocycles. The van der Waals surface area contributed by atoms with Crippen molar-refractivity contribution in [2.24, 2.45) is 5.73 Å². The molecular weight excluding hydrogens is 402 g/mol. The molecule has 0 spiro atoms. The molecule has 1 saturated carbocycles. The molecule has 30 heavy (non-hydrogen) atoms. The van der Waals surface area contributed by atoms with E-state index in [1.165, 1.54) is 0 Å². The first kappa shape index (κ1) is 21.8. The maximum absolute atomic E-state index is 13.6. The Morgan fingerprint density at radius 3 is 2.27 bits per heavy atom. The molecule has 7 nitrogen and oxygen atoms in total. The van der Waals surface area contributed by atoms with Crippen molar-refractivity contribution in [3.05, 3.63) is 59.2 Å². The quantitative estimate of drug-likeness (QED) is 0.653. The average molecular weight is 430 g/mol. The minimum atomic E-state index is -3.85. The lowest BCUT2D eigenvalue weighted by molar-refractivity contribution is -0.123. The van der Waals surface area contributed by atoms with Crippen LogP contribution in [-0.4, -0.2) is 25.1 Å². The van der Waals surface area contributed by atoms with Crippen LogP contribution in [0.5, 0.6) is 0 Å². The predicted octanol–water partition coefficient (Wildman–Crippen LogP) is 3.20. The Morgan fingerprint density at radius 1 is 1.03 bits per heavy atom. The van der Waals surface area contributed by atoms with Gasteiger partial charge in [0.05, 0.1) is 4.90 Å². The number of urea groups is 1. The summed E-state index contributed by atoms with van der Waals surface area (Å²) in [7, 11) is -3.85. The summed E-state index contributed by atoms with van der Waals surface area (Å²) < 4.78 is 25.8. The fourth-order valence-corrected chi connectivity index (χ4v) is 6.36. The van der Waals surface area contributed by atoms with Crippen LogP contribution in [0.4, 0.5) is 10.5 Å². The number of nitrogens with two attached hydrogens (primary N) is 1. The monoisotopic (exact) mass is 429 g/mol. The molecule has 3 amide bonds. The molecule has 0 unspecified atom stereocenters. The number of nitrogens with one attached hydrogen (secondary N) is 2. The van der Waals surface area contributed by atoms with E-state index in [1.54, 1.807) is 43.3 Å². The van der Waals surface area contributed by atoms with Gasteiger partial charge in [0.2, 0.25) is 5.91 Å². The molecule has 3 rings (SSSR count). The largest absolute Gasteiger partial charge is 0.351 e. The number of anilines is 1. The van der Waals surface area contributed by atoms with Crippen molar-refractivity contribution in [3.63, 3.8) is 0 Å². The van der Waals surface area contributed by atoms with Gasteiger partial charge in [-0.15, -0.1) is 0 Å². The number of hydrogen-bond acceptors (Lipinski definition) is 4. The Balaban J connectivity index is 1.82. The first-order chi connectivity index (χ1) is 14.2. The Hall–Kier alpha value is -2.87. The highest BCUT2D eigenvalue weighted by atomic mass is 32.2. The second-order valence-electron chi connectivity index (χ2n) is 7.84. The summed E-state index contributed by atoms with van der Waals surface area (Å²) in [4.78, 5) is 24.3. The molecule has 0 aliphatic heterocycles. The molecule has 0 heterocycles. The molecular formula is C22H27N3O4S. The number of amides is 3. The topological polar surface area (TPSA) is 118 Å². The van der Waals surface area contributed by atoms with Crippen molar-refractivity contribution in [2.45, 2.75) is 55.7 Å². The molecule has 0 radical (unpaired) electrons. The van der Waals surface area contributed by atoms with Gasteiger partial charge in [0, 0.05) is 12.2 Å². The van der Waals surface area contributed by atoms with Gasteiger partial charge >= 0.3 is 6.03 Å². The van der Waals surface area contributed by atoms with E-state index in [-0.39, 0.29) is 11.4 Å². The van der Waals surface area contributed by atoms with Crippen molar-refractivity contribution in [1.82, 2.24) is 5.32 Å². The summed E-state index contributed by atoms with van der Waals surface area (Å²) in [5, 5.41) is 5.29. The van der Waals surface area contributed by atoms with E-state index in [2.05, 4.69) is 10.6 Å². The lowest BCUT2D eigenvalue weighted by atomic mass is 10.1. The summed E-state index contributed by atoms with van der Waals surface area (Å²) >= 11 is 0. The van der Waals surface area contributed by atoms with Crippen LogP contribution < -0.4 is 16.4 Å². The summed E-state index contributed by atoms with van der Waals surface area (Å²) in [5.41, 5.74) is 7.92. The molecule has 0 bridgehead atoms. The van der Waals surface area contributed by atoms with E-state index >= 15 is 0 Å². The van der Waals surface area contributed by atoms with Gasteiger partial charge in [-0.3, -0.25) is 4.79 Å². The summed E-state index contributed by atoms with van der Waals surface area (Å²) in [6.07, 6.45) is 2.03. The highest BCUT2D eigenvalue weighted by Gasteiger charge is 2.53. The fraction of sp³-hybridized carbons (Fsp3) is 0.364. The number of carbonyl (C=O) groups is 2. The molecule has 8 heteroatoms. The average Bonchev–Trinajstić information content (AvgIpc) is 3.20. The van der Waals surface area contributed by atoms with Gasteiger partial charge in [0.15, 0.2) is 14.6 Å². The number of primary amides is 1. The third-order valence-electron chi connectivity index (χ3n) is 5.65. The van der Waals surface area contributed by atoms with E-state index in [4.69, 9.17) is 5.73 Å². The highest BCUT2D eigenvalue weighted by molar-refractivity contribution is 7.93. The Bertz CT molecular complexity index is 1060. The number of benzene rings is 2. The Morgan fingerprint density at radius 2 is 1.67 bits per heavy atom. The molecule has 0 saturated heterocycles. The van der Waals surface area contributed by atoms with Crippen LogP contribution >= 0.6 is 0 Å². The number of carbonyl (C=O) groups excluding carboxylic acids is 2. The van der Waals surface area contributed by atoms with Gasteiger partial charge in [-0.2, -0.15) is 0 Å². The standard InChI is InChI=1S/C22H27N3O4S/c1-15-5-6-16(2)19(13-15)30(28,29)22(11-3-4-12-22)20(26)24-14-17-7-9-18(10-8-17)25-21(23)27/h5-10,13H,3-4,11-12,14H2,1-2H3,(H,24,26)(H3,23,25,27). The molecule has 2 aromatic carbocycles. The van der Waals surface area contributed by atoms with Crippen LogP contribution in [0, 0.1) is 13.8 Å². The lowest BCUT2D eigenvalue weighted by Gasteiger charge is -2.28. The highest BCUT2D eigenvalue weighted by Crippen LogP contribution is 2.41. The van der Waals surface area contributed by atoms with Crippen molar-refractivity contribution < 1.29 is 18.0 Å². The van der Waals surface area contributed by atoms with E-state index in [0.717, 1.165) is 11.1 Å². The SMILES string of the molecule is Cc1ccc(C)c(S(=O)(=O)C2(C(=O)NCc3ccc(NC(N)=O)cc3)CCCC2)c1. The Kier molecular flexibility index (Phi) is 6.17. The van der Waals surface area contributed by atoms with Gasteiger partial charge in [-0.25, -0.2) is 13.2 Å². The minimum Gasteiger partial charge on any atom is -0.351 e. The van der Waals surface area contributed by atoms with Crippen LogP contribution in [-0.2, 0) is 21.2 Å². The van der Waals surface area contributed by atoms with Crippen molar-refractivity contribution in [2.75, 3.05) is 5.32 Å². The molecule has 1 aliphatic rings. The molecule has 0 atom stereocenters. The van der Waals surface area contributed by atoms with Crippen LogP contribution in [0.1, 0.15) is 42.4 Å². The number of rotatable bonds is 6. The van der Waals surface area contributed by atoms with E-state index in [9.17, 15) is 18.0 Å². The first-order valence-corrected chi connectivity index (χ1v) is 11.4. The van der Waals surface area contributed by atoms with Crippen molar-refractivity contribution in [1.29, 1.82) is 0 Å². The van der Waals surface area contributed by atoms with Gasteiger partial charge in [0.25, 0.3) is 0 Å². The maximum atomic E-state index is 13.6. The number of sulfone groups is 1. The lowest BCUT2D eigenvalue weighted by Crippen LogP contribution is -2.50. The van der Waals surface area contributed by atoms with Crippen LogP contribution in [0.15, 0.2) is 47.4 Å². The smallest absolute Gasteiger partial charge is 0.316 e. The number of aryl methyl sites for hydroxylation is 2. The zero-order valence-corrected chi connectivity index (χ0v) is 18.0. The van der Waals surface area contributed by atoms with Crippen LogP contribution in [0.3, 0.4) is 0 Å². The second kappa shape index (κ2) is 8.47. The summed E-state index contributed by atoms with van der Waals surface area (Å²) in [6, 6.07) is 11.5. The number of hydrogen-bond donors (Lipinski definition) is 3. The van der Waals surface area contributed by atoms with Gasteiger partial charge in [-0.05, 0) is 61.6 Å². The second-order valence-corrected chi connectivity index (χ2v) is 10.1. The Labute approximate surface area is 177 Å². The summed E-state index contributed by atoms with van der Waals surface area (Å²) in [6.45, 7) is 3.80. The first-order valence-electron chi connectivity index (χ1n) is 9.91.